The summed E-state index contributed by atoms with van der Waals surface area (Å²) in [6.45, 7) is 4.52. The molecule has 1 amide bonds. The van der Waals surface area contributed by atoms with E-state index in [0.717, 1.165) is 12.1 Å². The molecule has 1 aliphatic heterocycles. The average Bonchev–Trinajstić information content (AvgIpc) is 2.50. The van der Waals surface area contributed by atoms with Crippen LogP contribution in [0.1, 0.15) is 6.92 Å². The summed E-state index contributed by atoms with van der Waals surface area (Å²) in [5.74, 6) is -1.78. The molecule has 128 valence electrons. The van der Waals surface area contributed by atoms with Gasteiger partial charge in [0.25, 0.3) is 0 Å². The quantitative estimate of drug-likeness (QED) is 0.838. The van der Waals surface area contributed by atoms with Crippen LogP contribution in [0.3, 0.4) is 0 Å². The van der Waals surface area contributed by atoms with Gasteiger partial charge in [0.2, 0.25) is 15.9 Å². The Balaban J connectivity index is 1.86. The smallest absolute Gasteiger partial charge is 0.243 e. The monoisotopic (exact) mass is 347 g/mol. The van der Waals surface area contributed by atoms with Crippen molar-refractivity contribution >= 4 is 15.9 Å². The lowest BCUT2D eigenvalue weighted by Gasteiger charge is -2.34. The van der Waals surface area contributed by atoms with Crippen molar-refractivity contribution in [3.8, 4) is 0 Å². The molecule has 0 aliphatic carbocycles. The molecule has 1 heterocycles. The van der Waals surface area contributed by atoms with E-state index in [-0.39, 0.29) is 12.5 Å². The summed E-state index contributed by atoms with van der Waals surface area (Å²) in [4.78, 5) is 14.3. The van der Waals surface area contributed by atoms with Crippen LogP contribution >= 0.6 is 0 Å². The van der Waals surface area contributed by atoms with Gasteiger partial charge in [0.05, 0.1) is 0 Å². The lowest BCUT2D eigenvalue weighted by molar-refractivity contribution is -0.130. The van der Waals surface area contributed by atoms with Crippen LogP contribution in [0.15, 0.2) is 23.1 Å². The first kappa shape index (κ1) is 17.8. The summed E-state index contributed by atoms with van der Waals surface area (Å²) in [5, 5.41) is 0. The number of hydrogen-bond donors (Lipinski definition) is 1. The molecule has 6 nitrogen and oxygen atoms in total. The summed E-state index contributed by atoms with van der Waals surface area (Å²) in [6, 6.07) is 2.30. The van der Waals surface area contributed by atoms with Crippen molar-refractivity contribution in [3.05, 3.63) is 29.8 Å². The minimum absolute atomic E-state index is 0.0203. The van der Waals surface area contributed by atoms with Crippen molar-refractivity contribution < 1.29 is 22.0 Å². The molecule has 1 aliphatic rings. The van der Waals surface area contributed by atoms with Crippen molar-refractivity contribution in [1.29, 1.82) is 0 Å². The third kappa shape index (κ3) is 4.69. The fraction of sp³-hybridized carbons (Fsp3) is 0.500. The standard InChI is InChI=1S/C14H19F2N3O3S/c1-11(20)19-8-6-18(7-9-19)5-4-17-23(21,22)14-10-12(15)2-3-13(14)16/h2-3,10,17H,4-9H2,1H3. The molecule has 1 aromatic carbocycles. The minimum Gasteiger partial charge on any atom is -0.340 e. The molecule has 0 aromatic heterocycles. The summed E-state index contributed by atoms with van der Waals surface area (Å²) < 4.78 is 52.9. The molecule has 23 heavy (non-hydrogen) atoms. The Morgan fingerprint density at radius 1 is 1.22 bits per heavy atom. The SMILES string of the molecule is CC(=O)N1CCN(CCNS(=O)(=O)c2cc(F)ccc2F)CC1. The number of halogens is 2. The van der Waals surface area contributed by atoms with E-state index < -0.39 is 26.6 Å². The van der Waals surface area contributed by atoms with Gasteiger partial charge in [-0.05, 0) is 18.2 Å². The topological polar surface area (TPSA) is 69.7 Å². The highest BCUT2D eigenvalue weighted by Crippen LogP contribution is 2.15. The van der Waals surface area contributed by atoms with E-state index in [0.29, 0.717) is 38.8 Å². The maximum Gasteiger partial charge on any atom is 0.243 e. The van der Waals surface area contributed by atoms with Crippen LogP contribution in [0.25, 0.3) is 0 Å². The van der Waals surface area contributed by atoms with Gasteiger partial charge in [-0.3, -0.25) is 9.69 Å². The first-order valence-corrected chi connectivity index (χ1v) is 8.70. The molecular weight excluding hydrogens is 328 g/mol. The number of carbonyl (C=O) groups excluding carboxylic acids is 1. The van der Waals surface area contributed by atoms with Crippen LogP contribution in [0, 0.1) is 11.6 Å². The number of carbonyl (C=O) groups is 1. The first-order valence-electron chi connectivity index (χ1n) is 7.22. The molecule has 0 atom stereocenters. The molecule has 1 N–H and O–H groups in total. The number of benzene rings is 1. The van der Waals surface area contributed by atoms with Crippen LogP contribution in [0.5, 0.6) is 0 Å². The Bertz CT molecular complexity index is 674. The molecule has 9 heteroatoms. The Morgan fingerprint density at radius 2 is 1.87 bits per heavy atom. The van der Waals surface area contributed by atoms with Gasteiger partial charge in [-0.25, -0.2) is 21.9 Å². The number of hydrogen-bond acceptors (Lipinski definition) is 4. The Morgan fingerprint density at radius 3 is 2.48 bits per heavy atom. The van der Waals surface area contributed by atoms with Crippen molar-refractivity contribution in [2.45, 2.75) is 11.8 Å². The highest BCUT2D eigenvalue weighted by Gasteiger charge is 2.21. The molecule has 1 aromatic rings. The largest absolute Gasteiger partial charge is 0.340 e. The van der Waals surface area contributed by atoms with Crippen LogP contribution < -0.4 is 4.72 Å². The molecule has 0 saturated carbocycles. The van der Waals surface area contributed by atoms with Crippen LogP contribution in [0.2, 0.25) is 0 Å². The van der Waals surface area contributed by atoms with Gasteiger partial charge in [-0.1, -0.05) is 0 Å². The molecule has 1 fully saturated rings. The molecule has 0 bridgehead atoms. The average molecular weight is 347 g/mol. The van der Waals surface area contributed by atoms with E-state index in [1.54, 1.807) is 4.90 Å². The lowest BCUT2D eigenvalue weighted by Crippen LogP contribution is -2.49. The molecule has 0 unspecified atom stereocenters. The zero-order valence-electron chi connectivity index (χ0n) is 12.8. The second-order valence-corrected chi connectivity index (χ2v) is 7.06. The minimum atomic E-state index is -4.09. The summed E-state index contributed by atoms with van der Waals surface area (Å²) in [6.07, 6.45) is 0. The van der Waals surface area contributed by atoms with E-state index >= 15 is 0 Å². The van der Waals surface area contributed by atoms with E-state index in [2.05, 4.69) is 4.72 Å². The maximum atomic E-state index is 13.5. The van der Waals surface area contributed by atoms with E-state index in [9.17, 15) is 22.0 Å². The predicted molar refractivity (Wildman–Crippen MR) is 80.2 cm³/mol. The number of piperazine rings is 1. The van der Waals surface area contributed by atoms with E-state index in [1.807, 2.05) is 4.90 Å². The molecular formula is C14H19F2N3O3S. The Hall–Kier alpha value is -1.58. The fourth-order valence-corrected chi connectivity index (χ4v) is 3.49. The normalized spacial score (nSPS) is 16.6. The first-order chi connectivity index (χ1) is 10.8. The van der Waals surface area contributed by atoms with Gasteiger partial charge in [-0.2, -0.15) is 0 Å². The molecule has 0 radical (unpaired) electrons. The van der Waals surface area contributed by atoms with Gasteiger partial charge in [-0.15, -0.1) is 0 Å². The van der Waals surface area contributed by atoms with Crippen LogP contribution in [0.4, 0.5) is 8.78 Å². The third-order valence-electron chi connectivity index (χ3n) is 3.72. The van der Waals surface area contributed by atoms with E-state index in [4.69, 9.17) is 0 Å². The maximum absolute atomic E-state index is 13.5. The van der Waals surface area contributed by atoms with Crippen LogP contribution in [-0.4, -0.2) is 63.4 Å². The van der Waals surface area contributed by atoms with Gasteiger partial charge in [0.15, 0.2) is 0 Å². The van der Waals surface area contributed by atoms with Gasteiger partial charge >= 0.3 is 0 Å². The highest BCUT2D eigenvalue weighted by atomic mass is 32.2. The van der Waals surface area contributed by atoms with Gasteiger partial charge in [0.1, 0.15) is 16.5 Å². The van der Waals surface area contributed by atoms with Gasteiger partial charge in [0, 0.05) is 46.2 Å². The molecule has 0 spiro atoms. The second kappa shape index (κ2) is 7.33. The number of nitrogens with one attached hydrogen (secondary N) is 1. The van der Waals surface area contributed by atoms with Crippen molar-refractivity contribution in [2.24, 2.45) is 0 Å². The van der Waals surface area contributed by atoms with Gasteiger partial charge < -0.3 is 4.90 Å². The zero-order valence-corrected chi connectivity index (χ0v) is 13.6. The second-order valence-electron chi connectivity index (χ2n) is 5.32. The molecule has 2 rings (SSSR count). The van der Waals surface area contributed by atoms with Crippen molar-refractivity contribution in [2.75, 3.05) is 39.3 Å². The third-order valence-corrected chi connectivity index (χ3v) is 5.20. The highest BCUT2D eigenvalue weighted by molar-refractivity contribution is 7.89. The lowest BCUT2D eigenvalue weighted by atomic mass is 10.3. The summed E-state index contributed by atoms with van der Waals surface area (Å²) in [5.41, 5.74) is 0. The number of sulfonamides is 1. The van der Waals surface area contributed by atoms with Crippen molar-refractivity contribution in [3.63, 3.8) is 0 Å². The molecule has 1 saturated heterocycles. The Labute approximate surface area is 134 Å². The summed E-state index contributed by atoms with van der Waals surface area (Å²) in [7, 11) is -4.09. The van der Waals surface area contributed by atoms with Crippen LogP contribution in [-0.2, 0) is 14.8 Å². The Kier molecular flexibility index (Phi) is 5.66. The predicted octanol–water partition coefficient (Wildman–Crippen LogP) is 0.407. The number of rotatable bonds is 5. The number of amides is 1. The summed E-state index contributed by atoms with van der Waals surface area (Å²) >= 11 is 0. The fourth-order valence-electron chi connectivity index (χ4n) is 2.39. The number of nitrogens with zero attached hydrogens (tertiary/aromatic N) is 2. The zero-order chi connectivity index (χ0) is 17.0. The van der Waals surface area contributed by atoms with E-state index in [1.165, 1.54) is 6.92 Å². The van der Waals surface area contributed by atoms with Crippen molar-refractivity contribution in [1.82, 2.24) is 14.5 Å².